The molecule has 9 atom stereocenters. The van der Waals surface area contributed by atoms with E-state index in [1.165, 1.54) is 4.90 Å². The van der Waals surface area contributed by atoms with Gasteiger partial charge in [-0.3, -0.25) is 24.4 Å². The Morgan fingerprint density at radius 1 is 0.941 bits per heavy atom. The van der Waals surface area contributed by atoms with Crippen molar-refractivity contribution < 1.29 is 39.0 Å². The lowest BCUT2D eigenvalue weighted by Crippen LogP contribution is -2.70. The third kappa shape index (κ3) is 10.4. The number of piperazine rings is 2. The molecule has 20 nitrogen and oxygen atoms in total. The normalized spacial score (nSPS) is 25.8. The van der Waals surface area contributed by atoms with Crippen molar-refractivity contribution in [1.82, 2.24) is 50.4 Å². The Kier molecular flexibility index (Phi) is 15.0. The Balaban J connectivity index is 0.731. The van der Waals surface area contributed by atoms with Crippen molar-refractivity contribution in [2.24, 2.45) is 5.92 Å². The Morgan fingerprint density at radius 3 is 2.48 bits per heavy atom. The summed E-state index contributed by atoms with van der Waals surface area (Å²) in [5, 5.41) is 47.1. The van der Waals surface area contributed by atoms with Crippen molar-refractivity contribution in [3.8, 4) is 33.5 Å². The number of pyridine rings is 1. The molecule has 3 aromatic carbocycles. The Morgan fingerprint density at radius 2 is 1.74 bits per heavy atom. The number of hydrogen-bond acceptors (Lipinski definition) is 17. The first-order valence-corrected chi connectivity index (χ1v) is 31.2. The molecule has 21 heteroatoms. The molecule has 2 bridgehead atoms. The van der Waals surface area contributed by atoms with Gasteiger partial charge >= 0.3 is 12.1 Å². The summed E-state index contributed by atoms with van der Waals surface area (Å²) >= 11 is 1.58. The minimum Gasteiger partial charge on any atom is -0.508 e. The fraction of sp³-hybridized carbons (Fsp3) is 0.500. The first-order valence-electron chi connectivity index (χ1n) is 30.3. The van der Waals surface area contributed by atoms with Crippen molar-refractivity contribution in [2.75, 3.05) is 62.2 Å². The van der Waals surface area contributed by atoms with Crippen LogP contribution in [0.4, 0.5) is 16.4 Å². The summed E-state index contributed by atoms with van der Waals surface area (Å²) in [5.41, 5.74) is 6.85. The predicted molar refractivity (Wildman–Crippen MR) is 325 cm³/mol. The number of β-amino-alcohol motifs (C(OH)–C–C–N with tert-alkyl or cyclic N) is 1. The summed E-state index contributed by atoms with van der Waals surface area (Å²) in [7, 11) is 0. The third-order valence-corrected chi connectivity index (χ3v) is 20.5. The first-order chi connectivity index (χ1) is 41.0. The largest absolute Gasteiger partial charge is 0.508 e. The SMILES string of the molecule is CCc1cccc2cc(O)cc(-c3cc4nc(OC[C@]56CCCN5[C@H](C5(C)CN(c7cc([C@H](C(=O)N8C[C@H](O)C[C@H]8C(=O)N[C@@H](C)c8ccc(-c9scnc9C)cc8)C(C)C)on7)CCN5C(=O)O)CC6)nc(N5CC6CCC(C5)N6)c4cn3)c12. The summed E-state index contributed by atoms with van der Waals surface area (Å²) in [5.74, 6) is 0.0532. The average molecular weight is 1170 g/mol. The zero-order valence-electron chi connectivity index (χ0n) is 49.2. The number of fused-ring (bicyclic) bond motifs is 5. The summed E-state index contributed by atoms with van der Waals surface area (Å²) in [6.07, 6.45) is 6.45. The van der Waals surface area contributed by atoms with Crippen molar-refractivity contribution in [3.05, 3.63) is 101 Å². The Hall–Kier alpha value is -7.46. The van der Waals surface area contributed by atoms with Crippen LogP contribution in [0, 0.1) is 12.8 Å². The minimum atomic E-state index is -0.987. The molecule has 3 unspecified atom stereocenters. The van der Waals surface area contributed by atoms with Crippen LogP contribution < -0.4 is 25.2 Å². The molecule has 6 aliphatic heterocycles. The first kappa shape index (κ1) is 56.7. The number of carbonyl (C=O) groups is 3. The van der Waals surface area contributed by atoms with Crippen LogP contribution >= 0.6 is 11.3 Å². The van der Waals surface area contributed by atoms with Gasteiger partial charge in [-0.1, -0.05) is 68.4 Å². The van der Waals surface area contributed by atoms with Crippen molar-refractivity contribution in [2.45, 2.75) is 146 Å². The topological polar surface area (TPSA) is 239 Å². The number of thiazole rings is 1. The number of aryl methyl sites for hydroxylation is 2. The summed E-state index contributed by atoms with van der Waals surface area (Å²) < 4.78 is 13.0. The quantitative estimate of drug-likeness (QED) is 0.0645. The van der Waals surface area contributed by atoms with E-state index in [4.69, 9.17) is 24.2 Å². The van der Waals surface area contributed by atoms with Gasteiger partial charge in [0, 0.05) is 81.6 Å². The van der Waals surface area contributed by atoms with Gasteiger partial charge in [0.25, 0.3) is 0 Å². The number of hydrogen-bond donors (Lipinski definition) is 5. The zero-order valence-corrected chi connectivity index (χ0v) is 50.0. The van der Waals surface area contributed by atoms with E-state index < -0.39 is 35.2 Å². The summed E-state index contributed by atoms with van der Waals surface area (Å²) in [4.78, 5) is 73.0. The maximum absolute atomic E-state index is 14.8. The van der Waals surface area contributed by atoms with Crippen LogP contribution in [-0.4, -0.2) is 167 Å². The minimum absolute atomic E-state index is 0.00363. The number of nitrogens with zero attached hydrogens (tertiary/aromatic N) is 10. The number of carboxylic acid groups (broad SMARTS) is 1. The van der Waals surface area contributed by atoms with Crippen LogP contribution in [0.3, 0.4) is 0 Å². The molecule has 0 spiro atoms. The Bertz CT molecular complexity index is 3680. The zero-order chi connectivity index (χ0) is 59.1. The number of aromatic hydroxyl groups is 1. The summed E-state index contributed by atoms with van der Waals surface area (Å²) in [6.45, 7) is 15.5. The number of ether oxygens (including phenoxy) is 1. The van der Waals surface area contributed by atoms with E-state index in [1.54, 1.807) is 34.4 Å². The van der Waals surface area contributed by atoms with Gasteiger partial charge in [-0.15, -0.1) is 11.3 Å². The molecule has 5 N–H and O–H groups in total. The molecule has 6 aliphatic rings. The number of likely N-dealkylation sites (tertiary alicyclic amines) is 1. The van der Waals surface area contributed by atoms with Crippen LogP contribution in [0.5, 0.6) is 11.8 Å². The third-order valence-electron chi connectivity index (χ3n) is 19.5. The van der Waals surface area contributed by atoms with E-state index >= 15 is 0 Å². The lowest BCUT2D eigenvalue weighted by Gasteiger charge is -2.53. The van der Waals surface area contributed by atoms with Gasteiger partial charge in [0.15, 0.2) is 11.6 Å². The van der Waals surface area contributed by atoms with Crippen molar-refractivity contribution >= 4 is 62.6 Å². The fourth-order valence-electron chi connectivity index (χ4n) is 15.3. The second-order valence-electron chi connectivity index (χ2n) is 25.2. The number of carbonyl (C=O) groups excluding carboxylic acids is 2. The molecule has 10 heterocycles. The van der Waals surface area contributed by atoms with Gasteiger partial charge in [0.05, 0.1) is 55.9 Å². The maximum Gasteiger partial charge on any atom is 0.407 e. The highest BCUT2D eigenvalue weighted by molar-refractivity contribution is 7.13. The van der Waals surface area contributed by atoms with E-state index in [-0.39, 0.29) is 61.1 Å². The van der Waals surface area contributed by atoms with Crippen LogP contribution in [0.15, 0.2) is 83.0 Å². The number of phenolic OH excluding ortho intramolecular Hbond substituents is 1. The monoisotopic (exact) mass is 1170 g/mol. The molecule has 4 aromatic heterocycles. The number of nitrogens with one attached hydrogen (secondary N) is 2. The molecule has 0 radical (unpaired) electrons. The lowest BCUT2D eigenvalue weighted by atomic mass is 9.85. The number of benzene rings is 3. The molecule has 6 fully saturated rings. The number of amides is 3. The highest BCUT2D eigenvalue weighted by Gasteiger charge is 2.59. The Labute approximate surface area is 498 Å². The van der Waals surface area contributed by atoms with Crippen molar-refractivity contribution in [1.29, 1.82) is 0 Å². The molecule has 0 aliphatic carbocycles. The van der Waals surface area contributed by atoms with Crippen molar-refractivity contribution in [3.63, 3.8) is 0 Å². The fourth-order valence-corrected chi connectivity index (χ4v) is 16.1. The van der Waals surface area contributed by atoms with Crippen LogP contribution in [0.1, 0.15) is 114 Å². The molecule has 3 amide bonds. The standard InChI is InChI=1S/C64H76N12O8S/c1-7-39-10-8-11-42-24-45(77)25-47(56(39)42)49-27-50-48(29-65-49)58(73-30-43-16-17-44(31-73)68-43)70-61(69-50)83-34-64-19-9-21-75(64)53(18-20-64)63(6)33-72(22-23-76(63)62(81)82)54-28-52(84-71-54)55(36(2)3)60(80)74-32-46(78)26-51(74)59(79)67-37(4)40-12-14-41(15-13-40)57-38(5)66-35-85-57/h8,10-15,24-25,27-29,35-37,43-44,46,51,53,55,68,77-78H,7,9,16-23,26,30-34H2,1-6H3,(H,67,79)(H,81,82)/t37-,43?,44?,46+,51-,53-,55+,63?,64+/m0/s1. The molecular formula is C64H76N12O8S. The molecule has 13 rings (SSSR count). The average Bonchev–Trinajstić information content (AvgIpc) is 2.04. The van der Waals surface area contributed by atoms with E-state index in [0.29, 0.717) is 54.6 Å². The van der Waals surface area contributed by atoms with Gasteiger partial charge in [0.1, 0.15) is 30.1 Å². The highest BCUT2D eigenvalue weighted by Crippen LogP contribution is 2.49. The number of rotatable bonds is 15. The maximum atomic E-state index is 14.8. The van der Waals surface area contributed by atoms with E-state index in [0.717, 1.165) is 119 Å². The number of phenols is 1. The van der Waals surface area contributed by atoms with Gasteiger partial charge in [0.2, 0.25) is 11.8 Å². The number of aliphatic hydroxyl groups excluding tert-OH is 1. The number of anilines is 2. The second-order valence-corrected chi connectivity index (χ2v) is 26.1. The van der Waals surface area contributed by atoms with E-state index in [2.05, 4.69) is 48.5 Å². The van der Waals surface area contributed by atoms with Crippen LogP contribution in [0.2, 0.25) is 0 Å². The molecule has 7 aromatic rings. The molecule has 85 heavy (non-hydrogen) atoms. The number of aromatic nitrogens is 5. The van der Waals surface area contributed by atoms with Crippen LogP contribution in [-0.2, 0) is 16.0 Å². The molecule has 446 valence electrons. The molecule has 6 saturated heterocycles. The van der Waals surface area contributed by atoms with Gasteiger partial charge in [-0.2, -0.15) is 9.97 Å². The lowest BCUT2D eigenvalue weighted by molar-refractivity contribution is -0.141. The molecular weight excluding hydrogens is 1100 g/mol. The smallest absolute Gasteiger partial charge is 0.407 e. The highest BCUT2D eigenvalue weighted by atomic mass is 32.1. The second kappa shape index (κ2) is 22.4. The van der Waals surface area contributed by atoms with Gasteiger partial charge < -0.3 is 49.9 Å². The molecule has 0 saturated carbocycles. The van der Waals surface area contributed by atoms with E-state index in [9.17, 15) is 29.7 Å². The predicted octanol–water partition coefficient (Wildman–Crippen LogP) is 8.69. The summed E-state index contributed by atoms with van der Waals surface area (Å²) in [6, 6.07) is 21.1. The van der Waals surface area contributed by atoms with Gasteiger partial charge in [-0.05, 0) is 124 Å². The number of aliphatic hydroxyl groups is 1. The van der Waals surface area contributed by atoms with Crippen LogP contribution in [0.25, 0.3) is 43.4 Å². The van der Waals surface area contributed by atoms with Gasteiger partial charge in [-0.25, -0.2) is 9.78 Å². The van der Waals surface area contributed by atoms with E-state index in [1.807, 2.05) is 88.8 Å².